The predicted octanol–water partition coefficient (Wildman–Crippen LogP) is 2.98. The number of halogens is 3. The van der Waals surface area contributed by atoms with Gasteiger partial charge in [-0.2, -0.15) is 5.26 Å². The predicted molar refractivity (Wildman–Crippen MR) is 51.1 cm³/mol. The van der Waals surface area contributed by atoms with E-state index in [0.29, 0.717) is 16.7 Å². The Labute approximate surface area is 88.7 Å². The van der Waals surface area contributed by atoms with Gasteiger partial charge in [-0.25, -0.2) is 8.78 Å². The minimum Gasteiger partial charge on any atom is -0.256 e. The molecule has 0 aliphatic rings. The van der Waals surface area contributed by atoms with Gasteiger partial charge in [0.25, 0.3) is 6.43 Å². The number of nitrogens with zero attached hydrogens (tertiary/aromatic N) is 2. The number of rotatable bonds is 3. The molecule has 2 nitrogen and oxygen atoms in total. The van der Waals surface area contributed by atoms with Gasteiger partial charge in [-0.1, -0.05) is 15.9 Å². The van der Waals surface area contributed by atoms with Gasteiger partial charge in [0.05, 0.1) is 23.9 Å². The summed E-state index contributed by atoms with van der Waals surface area (Å²) < 4.78 is 24.8. The minimum atomic E-state index is -2.52. The molecule has 0 N–H and O–H groups in total. The van der Waals surface area contributed by atoms with Crippen LogP contribution in [0.2, 0.25) is 0 Å². The monoisotopic (exact) mass is 260 g/mol. The third-order valence-corrected chi connectivity index (χ3v) is 2.18. The second-order valence-corrected chi connectivity index (χ2v) is 3.21. The van der Waals surface area contributed by atoms with Crippen LogP contribution in [0, 0.1) is 11.3 Å². The molecule has 0 aliphatic carbocycles. The zero-order valence-corrected chi connectivity index (χ0v) is 8.76. The van der Waals surface area contributed by atoms with Crippen molar-refractivity contribution in [3.63, 3.8) is 0 Å². The van der Waals surface area contributed by atoms with E-state index in [0.717, 1.165) is 0 Å². The molecule has 0 saturated heterocycles. The summed E-state index contributed by atoms with van der Waals surface area (Å²) in [5.74, 6) is 0. The highest BCUT2D eigenvalue weighted by molar-refractivity contribution is 9.08. The molecule has 1 aromatic rings. The van der Waals surface area contributed by atoms with Crippen LogP contribution in [0.25, 0.3) is 0 Å². The molecule has 74 valence electrons. The summed E-state index contributed by atoms with van der Waals surface area (Å²) in [4.78, 5) is 4.02. The lowest BCUT2D eigenvalue weighted by molar-refractivity contribution is 0.151. The van der Waals surface area contributed by atoms with Crippen molar-refractivity contribution in [3.8, 4) is 6.07 Å². The fourth-order valence-corrected chi connectivity index (χ4v) is 1.33. The third-order valence-electron chi connectivity index (χ3n) is 1.60. The maximum Gasteiger partial charge on any atom is 0.263 e. The lowest BCUT2D eigenvalue weighted by atomic mass is 10.2. The number of alkyl halides is 3. The van der Waals surface area contributed by atoms with Crippen molar-refractivity contribution >= 4 is 15.9 Å². The molecule has 5 heteroatoms. The first kappa shape index (κ1) is 11.1. The molecule has 1 rings (SSSR count). The average Bonchev–Trinajstić information content (AvgIpc) is 2.17. The van der Waals surface area contributed by atoms with E-state index in [-0.39, 0.29) is 12.0 Å². The molecule has 0 bridgehead atoms. The van der Waals surface area contributed by atoms with Gasteiger partial charge in [0.1, 0.15) is 0 Å². The molecule has 0 atom stereocenters. The molecule has 1 aromatic heterocycles. The summed E-state index contributed by atoms with van der Waals surface area (Å²) in [7, 11) is 0. The first-order valence-corrected chi connectivity index (χ1v) is 5.00. The van der Waals surface area contributed by atoms with Crippen molar-refractivity contribution in [1.29, 1.82) is 5.26 Å². The zero-order valence-electron chi connectivity index (χ0n) is 7.17. The fraction of sp³-hybridized carbons (Fsp3) is 0.333. The standard InChI is InChI=1S/C9H7BrF2N2/c10-5-8-4-6(9(11)12)3-7(14-8)1-2-13/h3-4,9H,1,5H2. The van der Waals surface area contributed by atoms with Gasteiger partial charge in [0.2, 0.25) is 0 Å². The number of aromatic nitrogens is 1. The van der Waals surface area contributed by atoms with Crippen LogP contribution in [-0.2, 0) is 11.8 Å². The van der Waals surface area contributed by atoms with Gasteiger partial charge < -0.3 is 0 Å². The Hall–Kier alpha value is -1.02. The lowest BCUT2D eigenvalue weighted by Crippen LogP contribution is -1.97. The van der Waals surface area contributed by atoms with Crippen molar-refractivity contribution in [2.75, 3.05) is 0 Å². The molecule has 0 fully saturated rings. The molecule has 0 radical (unpaired) electrons. The SMILES string of the molecule is N#CCc1cc(C(F)F)cc(CBr)n1. The van der Waals surface area contributed by atoms with E-state index in [1.807, 2.05) is 6.07 Å². The van der Waals surface area contributed by atoms with E-state index < -0.39 is 6.43 Å². The summed E-state index contributed by atoms with van der Waals surface area (Å²) in [5, 5.41) is 8.83. The summed E-state index contributed by atoms with van der Waals surface area (Å²) >= 11 is 3.14. The number of hydrogen-bond donors (Lipinski definition) is 0. The first-order chi connectivity index (χ1) is 6.67. The summed E-state index contributed by atoms with van der Waals surface area (Å²) in [6, 6.07) is 4.48. The maximum absolute atomic E-state index is 12.4. The molecule has 14 heavy (non-hydrogen) atoms. The van der Waals surface area contributed by atoms with Gasteiger partial charge >= 0.3 is 0 Å². The average molecular weight is 261 g/mol. The third kappa shape index (κ3) is 2.74. The summed E-state index contributed by atoms with van der Waals surface area (Å²) in [5.41, 5.74) is 0.826. The Kier molecular flexibility index (Phi) is 3.96. The van der Waals surface area contributed by atoms with E-state index in [4.69, 9.17) is 5.26 Å². The lowest BCUT2D eigenvalue weighted by Gasteiger charge is -2.04. The minimum absolute atomic E-state index is 0.0561. The highest BCUT2D eigenvalue weighted by Gasteiger charge is 2.10. The smallest absolute Gasteiger partial charge is 0.256 e. The highest BCUT2D eigenvalue weighted by atomic mass is 79.9. The fourth-order valence-electron chi connectivity index (χ4n) is 1.04. The molecule has 1 heterocycles. The van der Waals surface area contributed by atoms with Crippen LogP contribution in [0.3, 0.4) is 0 Å². The van der Waals surface area contributed by atoms with Gasteiger partial charge in [0.15, 0.2) is 0 Å². The van der Waals surface area contributed by atoms with E-state index >= 15 is 0 Å². The van der Waals surface area contributed by atoms with Gasteiger partial charge in [0, 0.05) is 10.9 Å². The molecule has 0 unspecified atom stereocenters. The summed E-state index contributed by atoms with van der Waals surface area (Å²) in [6.45, 7) is 0. The summed E-state index contributed by atoms with van der Waals surface area (Å²) in [6.07, 6.45) is -2.46. The molecular formula is C9H7BrF2N2. The quantitative estimate of drug-likeness (QED) is 0.784. The van der Waals surface area contributed by atoms with Crippen LogP contribution in [-0.4, -0.2) is 4.98 Å². The van der Waals surface area contributed by atoms with E-state index in [1.54, 1.807) is 0 Å². The number of nitriles is 1. The van der Waals surface area contributed by atoms with Crippen LogP contribution < -0.4 is 0 Å². The second-order valence-electron chi connectivity index (χ2n) is 2.65. The van der Waals surface area contributed by atoms with Crippen molar-refractivity contribution in [2.45, 2.75) is 18.2 Å². The van der Waals surface area contributed by atoms with Crippen molar-refractivity contribution < 1.29 is 8.78 Å². The molecular weight excluding hydrogens is 254 g/mol. The van der Waals surface area contributed by atoms with Crippen LogP contribution in [0.15, 0.2) is 12.1 Å². The van der Waals surface area contributed by atoms with Crippen LogP contribution in [0.1, 0.15) is 23.4 Å². The van der Waals surface area contributed by atoms with E-state index in [9.17, 15) is 8.78 Å². The van der Waals surface area contributed by atoms with Crippen LogP contribution >= 0.6 is 15.9 Å². The normalized spacial score (nSPS) is 10.2. The van der Waals surface area contributed by atoms with Crippen LogP contribution in [0.5, 0.6) is 0 Å². The molecule has 0 aromatic carbocycles. The maximum atomic E-state index is 12.4. The van der Waals surface area contributed by atoms with Crippen molar-refractivity contribution in [2.24, 2.45) is 0 Å². The van der Waals surface area contributed by atoms with E-state index in [1.165, 1.54) is 12.1 Å². The number of pyridine rings is 1. The Morgan fingerprint density at radius 3 is 2.57 bits per heavy atom. The van der Waals surface area contributed by atoms with Crippen LogP contribution in [0.4, 0.5) is 8.78 Å². The number of hydrogen-bond acceptors (Lipinski definition) is 2. The zero-order chi connectivity index (χ0) is 10.6. The van der Waals surface area contributed by atoms with E-state index in [2.05, 4.69) is 20.9 Å². The Morgan fingerprint density at radius 1 is 1.43 bits per heavy atom. The van der Waals surface area contributed by atoms with Gasteiger partial charge in [-0.3, -0.25) is 4.98 Å². The van der Waals surface area contributed by atoms with Gasteiger partial charge in [-0.15, -0.1) is 0 Å². The first-order valence-electron chi connectivity index (χ1n) is 3.88. The van der Waals surface area contributed by atoms with Crippen molar-refractivity contribution in [1.82, 2.24) is 4.98 Å². The molecule has 0 spiro atoms. The molecule has 0 amide bonds. The molecule has 0 saturated carbocycles. The largest absolute Gasteiger partial charge is 0.263 e. The highest BCUT2D eigenvalue weighted by Crippen LogP contribution is 2.21. The van der Waals surface area contributed by atoms with Crippen molar-refractivity contribution in [3.05, 3.63) is 29.1 Å². The molecule has 0 aliphatic heterocycles. The Balaban J connectivity index is 3.08. The van der Waals surface area contributed by atoms with Gasteiger partial charge in [-0.05, 0) is 12.1 Å². The topological polar surface area (TPSA) is 36.7 Å². The Bertz CT molecular complexity index is 360. The Morgan fingerprint density at radius 2 is 2.07 bits per heavy atom. The second kappa shape index (κ2) is 5.01.